The SMILES string of the molecule is CC(C)Sc1ccc([N+](=O)[O-])cc1C(=O)NCCOc1ccc(C(F)(F)F)cn1. The molecule has 0 aliphatic carbocycles. The van der Waals surface area contributed by atoms with Crippen molar-refractivity contribution in [1.29, 1.82) is 0 Å². The molecule has 1 N–H and O–H groups in total. The molecule has 2 aromatic rings. The Balaban J connectivity index is 1.96. The predicted molar refractivity (Wildman–Crippen MR) is 101 cm³/mol. The van der Waals surface area contributed by atoms with E-state index >= 15 is 0 Å². The van der Waals surface area contributed by atoms with E-state index in [-0.39, 0.29) is 35.5 Å². The van der Waals surface area contributed by atoms with Crippen LogP contribution in [0.1, 0.15) is 29.8 Å². The Hall–Kier alpha value is -2.82. The highest BCUT2D eigenvalue weighted by Crippen LogP contribution is 2.30. The maximum Gasteiger partial charge on any atom is 0.417 e. The number of thioether (sulfide) groups is 1. The smallest absolute Gasteiger partial charge is 0.417 e. The molecule has 1 heterocycles. The van der Waals surface area contributed by atoms with Crippen molar-refractivity contribution in [2.45, 2.75) is 30.2 Å². The number of carbonyl (C=O) groups excluding carboxylic acids is 1. The van der Waals surface area contributed by atoms with Crippen LogP contribution in [0.25, 0.3) is 0 Å². The number of nitrogens with zero attached hydrogens (tertiary/aromatic N) is 2. The second kappa shape index (κ2) is 9.59. The van der Waals surface area contributed by atoms with Crippen LogP contribution in [0, 0.1) is 10.1 Å². The summed E-state index contributed by atoms with van der Waals surface area (Å²) in [5.41, 5.74) is -0.918. The zero-order valence-electron chi connectivity index (χ0n) is 15.5. The molecule has 1 aromatic carbocycles. The molecular weight excluding hydrogens is 411 g/mol. The van der Waals surface area contributed by atoms with Gasteiger partial charge in [-0.15, -0.1) is 11.8 Å². The lowest BCUT2D eigenvalue weighted by molar-refractivity contribution is -0.384. The van der Waals surface area contributed by atoms with E-state index in [1.54, 1.807) is 0 Å². The van der Waals surface area contributed by atoms with Gasteiger partial charge in [-0.1, -0.05) is 13.8 Å². The van der Waals surface area contributed by atoms with Crippen LogP contribution >= 0.6 is 11.8 Å². The molecule has 2 rings (SSSR count). The Morgan fingerprint density at radius 1 is 1.31 bits per heavy atom. The van der Waals surface area contributed by atoms with Gasteiger partial charge < -0.3 is 10.1 Å². The first kappa shape index (κ1) is 22.5. The molecule has 156 valence electrons. The summed E-state index contributed by atoms with van der Waals surface area (Å²) in [5, 5.41) is 13.7. The average Bonchev–Trinajstić information content (AvgIpc) is 2.64. The van der Waals surface area contributed by atoms with Crippen LogP contribution < -0.4 is 10.1 Å². The van der Waals surface area contributed by atoms with Gasteiger partial charge >= 0.3 is 6.18 Å². The molecule has 0 saturated carbocycles. The first-order valence-corrected chi connectivity index (χ1v) is 9.35. The van der Waals surface area contributed by atoms with E-state index in [0.717, 1.165) is 12.1 Å². The number of alkyl halides is 3. The Bertz CT molecular complexity index is 874. The van der Waals surface area contributed by atoms with Gasteiger partial charge in [0.25, 0.3) is 11.6 Å². The molecule has 0 unspecified atom stereocenters. The highest BCUT2D eigenvalue weighted by atomic mass is 32.2. The molecule has 29 heavy (non-hydrogen) atoms. The monoisotopic (exact) mass is 429 g/mol. The number of non-ortho nitro benzene ring substituents is 1. The molecule has 1 aromatic heterocycles. The van der Waals surface area contributed by atoms with Crippen molar-refractivity contribution >= 4 is 23.4 Å². The topological polar surface area (TPSA) is 94.4 Å². The zero-order chi connectivity index (χ0) is 21.6. The quantitative estimate of drug-likeness (QED) is 0.291. The number of benzene rings is 1. The molecule has 7 nitrogen and oxygen atoms in total. The van der Waals surface area contributed by atoms with E-state index in [1.807, 2.05) is 13.8 Å². The molecule has 11 heteroatoms. The summed E-state index contributed by atoms with van der Waals surface area (Å²) in [6.45, 7) is 3.86. The van der Waals surface area contributed by atoms with Gasteiger partial charge in [-0.05, 0) is 12.1 Å². The van der Waals surface area contributed by atoms with E-state index in [1.165, 1.54) is 30.0 Å². The van der Waals surface area contributed by atoms with Crippen LogP contribution in [0.4, 0.5) is 18.9 Å². The molecule has 1 amide bonds. The second-order valence-electron chi connectivity index (χ2n) is 6.09. The van der Waals surface area contributed by atoms with Crippen molar-refractivity contribution in [1.82, 2.24) is 10.3 Å². The number of amides is 1. The van der Waals surface area contributed by atoms with E-state index in [2.05, 4.69) is 10.3 Å². The molecule has 0 atom stereocenters. The van der Waals surface area contributed by atoms with E-state index < -0.39 is 22.6 Å². The second-order valence-corrected chi connectivity index (χ2v) is 7.71. The Kier molecular flexibility index (Phi) is 7.43. The van der Waals surface area contributed by atoms with Gasteiger partial charge in [-0.2, -0.15) is 13.2 Å². The third kappa shape index (κ3) is 6.63. The van der Waals surface area contributed by atoms with Crippen LogP contribution in [0.3, 0.4) is 0 Å². The van der Waals surface area contributed by atoms with Crippen molar-refractivity contribution < 1.29 is 27.6 Å². The molecule has 0 spiro atoms. The van der Waals surface area contributed by atoms with Crippen LogP contribution in [-0.4, -0.2) is 34.2 Å². The maximum absolute atomic E-state index is 12.5. The molecule has 0 radical (unpaired) electrons. The summed E-state index contributed by atoms with van der Waals surface area (Å²) in [6, 6.07) is 6.00. The molecule has 0 aliphatic rings. The lowest BCUT2D eigenvalue weighted by atomic mass is 10.2. The molecular formula is C18H18F3N3O4S. The van der Waals surface area contributed by atoms with Crippen molar-refractivity contribution in [2.24, 2.45) is 0 Å². The highest BCUT2D eigenvalue weighted by Gasteiger charge is 2.30. The van der Waals surface area contributed by atoms with Gasteiger partial charge in [0.05, 0.1) is 22.6 Å². The fourth-order valence-corrected chi connectivity index (χ4v) is 3.15. The van der Waals surface area contributed by atoms with E-state index in [0.29, 0.717) is 11.1 Å². The number of pyridine rings is 1. The van der Waals surface area contributed by atoms with Gasteiger partial charge in [0, 0.05) is 34.5 Å². The zero-order valence-corrected chi connectivity index (χ0v) is 16.3. The van der Waals surface area contributed by atoms with Gasteiger partial charge in [-0.25, -0.2) is 4.98 Å². The van der Waals surface area contributed by atoms with Crippen molar-refractivity contribution in [3.8, 4) is 5.88 Å². The summed E-state index contributed by atoms with van der Waals surface area (Å²) in [4.78, 5) is 27.0. The van der Waals surface area contributed by atoms with Gasteiger partial charge in [0.1, 0.15) is 6.61 Å². The Labute approximate surface area is 168 Å². The number of aromatic nitrogens is 1. The first-order chi connectivity index (χ1) is 13.6. The predicted octanol–water partition coefficient (Wildman–Crippen LogP) is 4.32. The summed E-state index contributed by atoms with van der Waals surface area (Å²) < 4.78 is 42.7. The van der Waals surface area contributed by atoms with Crippen LogP contribution in [-0.2, 0) is 6.18 Å². The largest absolute Gasteiger partial charge is 0.476 e. The lowest BCUT2D eigenvalue weighted by Gasteiger charge is -2.12. The van der Waals surface area contributed by atoms with E-state index in [9.17, 15) is 28.1 Å². The number of nitrogens with one attached hydrogen (secondary N) is 1. The number of ether oxygens (including phenoxy) is 1. The molecule has 0 aliphatic heterocycles. The minimum atomic E-state index is -4.48. The average molecular weight is 429 g/mol. The number of hydrogen-bond donors (Lipinski definition) is 1. The first-order valence-electron chi connectivity index (χ1n) is 8.47. The summed E-state index contributed by atoms with van der Waals surface area (Å²) >= 11 is 1.40. The molecule has 0 fully saturated rings. The van der Waals surface area contributed by atoms with E-state index in [4.69, 9.17) is 4.74 Å². The van der Waals surface area contributed by atoms with Crippen LogP contribution in [0.5, 0.6) is 5.88 Å². The summed E-state index contributed by atoms with van der Waals surface area (Å²) in [5.74, 6) is -0.528. The summed E-state index contributed by atoms with van der Waals surface area (Å²) in [7, 11) is 0. The van der Waals surface area contributed by atoms with Gasteiger partial charge in [0.15, 0.2) is 0 Å². The van der Waals surface area contributed by atoms with Crippen molar-refractivity contribution in [3.05, 3.63) is 57.8 Å². The lowest BCUT2D eigenvalue weighted by Crippen LogP contribution is -2.28. The molecule has 0 saturated heterocycles. The fourth-order valence-electron chi connectivity index (χ4n) is 2.21. The Morgan fingerprint density at radius 2 is 2.03 bits per heavy atom. The number of hydrogen-bond acceptors (Lipinski definition) is 6. The number of nitro benzene ring substituents is 1. The van der Waals surface area contributed by atoms with Crippen LogP contribution in [0.2, 0.25) is 0 Å². The number of halogens is 3. The number of nitro groups is 1. The van der Waals surface area contributed by atoms with Gasteiger partial charge in [0.2, 0.25) is 5.88 Å². The number of rotatable bonds is 8. The third-order valence-corrected chi connectivity index (χ3v) is 4.56. The third-order valence-electron chi connectivity index (χ3n) is 3.48. The minimum absolute atomic E-state index is 0.0151. The Morgan fingerprint density at radius 3 is 2.59 bits per heavy atom. The highest BCUT2D eigenvalue weighted by molar-refractivity contribution is 8.00. The minimum Gasteiger partial charge on any atom is -0.476 e. The normalized spacial score (nSPS) is 11.4. The van der Waals surface area contributed by atoms with Crippen molar-refractivity contribution in [2.75, 3.05) is 13.2 Å². The molecule has 0 bridgehead atoms. The maximum atomic E-state index is 12.5. The fraction of sp³-hybridized carbons (Fsp3) is 0.333. The van der Waals surface area contributed by atoms with Crippen molar-refractivity contribution in [3.63, 3.8) is 0 Å². The summed E-state index contributed by atoms with van der Waals surface area (Å²) in [6.07, 6.45) is -3.82. The standard InChI is InChI=1S/C18H18F3N3O4S/c1-11(2)29-15-5-4-13(24(26)27)9-14(15)17(25)22-7-8-28-16-6-3-12(10-23-16)18(19,20)21/h3-6,9-11H,7-8H2,1-2H3,(H,22,25). The van der Waals surface area contributed by atoms with Crippen LogP contribution in [0.15, 0.2) is 41.4 Å². The number of carbonyl (C=O) groups is 1. The van der Waals surface area contributed by atoms with Gasteiger partial charge in [-0.3, -0.25) is 14.9 Å².